The predicted octanol–water partition coefficient (Wildman–Crippen LogP) is 3.05. The van der Waals surface area contributed by atoms with Gasteiger partial charge in [0.25, 0.3) is 0 Å². The second kappa shape index (κ2) is 4.38. The van der Waals surface area contributed by atoms with Crippen molar-refractivity contribution in [3.63, 3.8) is 0 Å². The van der Waals surface area contributed by atoms with Crippen LogP contribution in [0.15, 0.2) is 16.6 Å². The molecule has 3 heteroatoms. The first-order chi connectivity index (χ1) is 7.58. The van der Waals surface area contributed by atoms with Crippen molar-refractivity contribution in [2.45, 2.75) is 38.1 Å². The van der Waals surface area contributed by atoms with Crippen molar-refractivity contribution in [3.05, 3.63) is 27.7 Å². The molecule has 0 atom stereocenters. The van der Waals surface area contributed by atoms with Crippen LogP contribution in [0.5, 0.6) is 5.75 Å². The van der Waals surface area contributed by atoms with Crippen LogP contribution in [-0.2, 0) is 12.8 Å². The minimum Gasteiger partial charge on any atom is -0.496 e. The van der Waals surface area contributed by atoms with E-state index in [1.807, 2.05) is 0 Å². The van der Waals surface area contributed by atoms with Gasteiger partial charge < -0.3 is 10.5 Å². The molecular weight excluding hydrogens is 266 g/mol. The van der Waals surface area contributed by atoms with Gasteiger partial charge in [-0.2, -0.15) is 0 Å². The number of hydrogen-bond donors (Lipinski definition) is 1. The van der Waals surface area contributed by atoms with Gasteiger partial charge in [0.1, 0.15) is 5.75 Å². The lowest BCUT2D eigenvalue weighted by Crippen LogP contribution is -2.24. The van der Waals surface area contributed by atoms with Crippen molar-refractivity contribution in [2.24, 2.45) is 5.73 Å². The van der Waals surface area contributed by atoms with Crippen LogP contribution in [0.25, 0.3) is 0 Å². The Morgan fingerprint density at radius 2 is 2.12 bits per heavy atom. The number of nitrogens with two attached hydrogens (primary N) is 1. The highest BCUT2D eigenvalue weighted by Gasteiger charge is 2.38. The van der Waals surface area contributed by atoms with Crippen molar-refractivity contribution < 1.29 is 4.74 Å². The van der Waals surface area contributed by atoms with Gasteiger partial charge >= 0.3 is 0 Å². The molecule has 0 amide bonds. The second-order valence-corrected chi connectivity index (χ2v) is 5.51. The summed E-state index contributed by atoms with van der Waals surface area (Å²) in [5, 5.41) is 0. The molecule has 0 saturated heterocycles. The number of rotatable bonds is 4. The predicted molar refractivity (Wildman–Crippen MR) is 69.9 cm³/mol. The highest BCUT2D eigenvalue weighted by molar-refractivity contribution is 9.10. The SMILES string of the molecule is CCc1c(Br)cc(CC2(N)CC2)cc1OC. The molecule has 16 heavy (non-hydrogen) atoms. The van der Waals surface area contributed by atoms with Crippen molar-refractivity contribution in [1.82, 2.24) is 0 Å². The third kappa shape index (κ3) is 2.41. The van der Waals surface area contributed by atoms with Crippen molar-refractivity contribution in [2.75, 3.05) is 7.11 Å². The zero-order valence-corrected chi connectivity index (χ0v) is 11.4. The van der Waals surface area contributed by atoms with Gasteiger partial charge in [0.15, 0.2) is 0 Å². The summed E-state index contributed by atoms with van der Waals surface area (Å²) in [5.74, 6) is 0.969. The molecule has 0 radical (unpaired) electrons. The van der Waals surface area contributed by atoms with Gasteiger partial charge in [-0.25, -0.2) is 0 Å². The Morgan fingerprint density at radius 3 is 2.62 bits per heavy atom. The Morgan fingerprint density at radius 1 is 1.44 bits per heavy atom. The molecule has 2 N–H and O–H groups in total. The molecule has 2 rings (SSSR count). The van der Waals surface area contributed by atoms with E-state index >= 15 is 0 Å². The quantitative estimate of drug-likeness (QED) is 0.922. The summed E-state index contributed by atoms with van der Waals surface area (Å²) >= 11 is 3.61. The highest BCUT2D eigenvalue weighted by atomic mass is 79.9. The molecule has 0 heterocycles. The largest absolute Gasteiger partial charge is 0.496 e. The lowest BCUT2D eigenvalue weighted by atomic mass is 10.0. The van der Waals surface area contributed by atoms with Gasteiger partial charge in [-0.05, 0) is 43.4 Å². The van der Waals surface area contributed by atoms with E-state index in [0.717, 1.165) is 35.9 Å². The zero-order chi connectivity index (χ0) is 11.8. The summed E-state index contributed by atoms with van der Waals surface area (Å²) in [6, 6.07) is 4.30. The van der Waals surface area contributed by atoms with E-state index in [4.69, 9.17) is 10.5 Å². The van der Waals surface area contributed by atoms with E-state index in [1.54, 1.807) is 7.11 Å². The molecular formula is C13H18BrNO. The summed E-state index contributed by atoms with van der Waals surface area (Å²) in [7, 11) is 1.72. The Hall–Kier alpha value is -0.540. The van der Waals surface area contributed by atoms with Crippen LogP contribution >= 0.6 is 15.9 Å². The van der Waals surface area contributed by atoms with Crippen LogP contribution in [0.2, 0.25) is 0 Å². The molecule has 1 fully saturated rings. The minimum absolute atomic E-state index is 0.0538. The highest BCUT2D eigenvalue weighted by Crippen LogP contribution is 2.38. The van der Waals surface area contributed by atoms with Gasteiger partial charge in [-0.3, -0.25) is 0 Å². The average molecular weight is 284 g/mol. The Balaban J connectivity index is 2.30. The molecule has 0 aliphatic heterocycles. The van der Waals surface area contributed by atoms with Crippen LogP contribution in [0.3, 0.4) is 0 Å². The normalized spacial score (nSPS) is 17.2. The van der Waals surface area contributed by atoms with Gasteiger partial charge in [-0.15, -0.1) is 0 Å². The van der Waals surface area contributed by atoms with Gasteiger partial charge in [0, 0.05) is 15.6 Å². The zero-order valence-electron chi connectivity index (χ0n) is 9.85. The summed E-state index contributed by atoms with van der Waals surface area (Å²) in [6.07, 6.45) is 4.20. The maximum absolute atomic E-state index is 6.13. The molecule has 1 aliphatic carbocycles. The van der Waals surface area contributed by atoms with Crippen molar-refractivity contribution in [1.29, 1.82) is 0 Å². The first-order valence-electron chi connectivity index (χ1n) is 5.72. The van der Waals surface area contributed by atoms with Gasteiger partial charge in [-0.1, -0.05) is 22.9 Å². The Kier molecular flexibility index (Phi) is 3.27. The maximum atomic E-state index is 6.13. The first kappa shape index (κ1) is 11.9. The maximum Gasteiger partial charge on any atom is 0.123 e. The monoisotopic (exact) mass is 283 g/mol. The number of ether oxygens (including phenoxy) is 1. The fourth-order valence-corrected chi connectivity index (χ4v) is 2.81. The second-order valence-electron chi connectivity index (χ2n) is 4.65. The van der Waals surface area contributed by atoms with E-state index in [-0.39, 0.29) is 5.54 Å². The third-order valence-electron chi connectivity index (χ3n) is 3.24. The number of benzene rings is 1. The van der Waals surface area contributed by atoms with Crippen LogP contribution in [-0.4, -0.2) is 12.6 Å². The summed E-state index contributed by atoms with van der Waals surface area (Å²) in [6.45, 7) is 2.13. The molecule has 0 aromatic heterocycles. The molecule has 1 aromatic rings. The molecule has 0 unspecified atom stereocenters. The lowest BCUT2D eigenvalue weighted by Gasteiger charge is -2.14. The smallest absolute Gasteiger partial charge is 0.123 e. The van der Waals surface area contributed by atoms with Crippen molar-refractivity contribution in [3.8, 4) is 5.75 Å². The number of halogens is 1. The molecule has 1 aromatic carbocycles. The summed E-state index contributed by atoms with van der Waals surface area (Å²) in [4.78, 5) is 0. The van der Waals surface area contributed by atoms with Gasteiger partial charge in [0.05, 0.1) is 7.11 Å². The molecule has 2 nitrogen and oxygen atoms in total. The van der Waals surface area contributed by atoms with E-state index in [2.05, 4.69) is 35.0 Å². The van der Waals surface area contributed by atoms with Crippen LogP contribution < -0.4 is 10.5 Å². The molecule has 88 valence electrons. The summed E-state index contributed by atoms with van der Waals surface area (Å²) in [5.41, 5.74) is 8.68. The Labute approximate surface area is 105 Å². The van der Waals surface area contributed by atoms with Crippen LogP contribution in [0.1, 0.15) is 30.9 Å². The third-order valence-corrected chi connectivity index (χ3v) is 3.94. The van der Waals surface area contributed by atoms with E-state index < -0.39 is 0 Å². The topological polar surface area (TPSA) is 35.2 Å². The standard InChI is InChI=1S/C13H18BrNO/c1-3-10-11(14)6-9(7-12(10)16-2)8-13(15)4-5-13/h6-7H,3-5,8,15H2,1-2H3. The number of methoxy groups -OCH3 is 1. The molecule has 1 saturated carbocycles. The van der Waals surface area contributed by atoms with E-state index in [0.29, 0.717) is 0 Å². The fraction of sp³-hybridized carbons (Fsp3) is 0.538. The first-order valence-corrected chi connectivity index (χ1v) is 6.51. The Bertz CT molecular complexity index is 399. The summed E-state index contributed by atoms with van der Waals surface area (Å²) < 4.78 is 6.55. The minimum atomic E-state index is 0.0538. The lowest BCUT2D eigenvalue weighted by molar-refractivity contribution is 0.409. The van der Waals surface area contributed by atoms with Crippen LogP contribution in [0.4, 0.5) is 0 Å². The molecule has 1 aliphatic rings. The average Bonchev–Trinajstić information content (AvgIpc) is 2.95. The molecule has 0 spiro atoms. The fourth-order valence-electron chi connectivity index (χ4n) is 2.04. The number of hydrogen-bond acceptors (Lipinski definition) is 2. The van der Waals surface area contributed by atoms with E-state index in [1.165, 1.54) is 11.1 Å². The van der Waals surface area contributed by atoms with E-state index in [9.17, 15) is 0 Å². The van der Waals surface area contributed by atoms with Gasteiger partial charge in [0.2, 0.25) is 0 Å². The van der Waals surface area contributed by atoms with Crippen molar-refractivity contribution >= 4 is 15.9 Å². The van der Waals surface area contributed by atoms with Crippen LogP contribution in [0, 0.1) is 0 Å². The molecule has 0 bridgehead atoms.